The number of hydrogen-bond acceptors (Lipinski definition) is 10. The first-order chi connectivity index (χ1) is 13.1. The van der Waals surface area contributed by atoms with Crippen LogP contribution in [0.3, 0.4) is 0 Å². The summed E-state index contributed by atoms with van der Waals surface area (Å²) >= 11 is 0. The van der Waals surface area contributed by atoms with Gasteiger partial charge in [-0.2, -0.15) is 0 Å². The van der Waals surface area contributed by atoms with Crippen molar-refractivity contribution in [1.29, 1.82) is 0 Å². The molecular formula is C16H28N2O10. The van der Waals surface area contributed by atoms with Crippen LogP contribution in [0.4, 0.5) is 0 Å². The lowest BCUT2D eigenvalue weighted by Crippen LogP contribution is -2.68. The molecule has 0 aliphatic carbocycles. The SMILES string of the molecule is CC(=O)N[C@@H]1[C@@H](O)[C@H](O[C@@H]2O[C@H](C)[C@@H](O)[C@H](O)[C@H]2NC(C)=O)[C@@H](CO)O[C@@H]1O. The molecule has 2 saturated heterocycles. The van der Waals surface area contributed by atoms with Crippen LogP contribution in [0.5, 0.6) is 0 Å². The van der Waals surface area contributed by atoms with Crippen LogP contribution in [0.25, 0.3) is 0 Å². The number of rotatable bonds is 5. The van der Waals surface area contributed by atoms with E-state index >= 15 is 0 Å². The molecule has 0 unspecified atom stereocenters. The van der Waals surface area contributed by atoms with Gasteiger partial charge in [-0.15, -0.1) is 0 Å². The van der Waals surface area contributed by atoms with E-state index in [1.807, 2.05) is 0 Å². The highest BCUT2D eigenvalue weighted by Gasteiger charge is 2.50. The maximum absolute atomic E-state index is 11.5. The topological polar surface area (TPSA) is 187 Å². The molecule has 2 amide bonds. The fourth-order valence-electron chi connectivity index (χ4n) is 3.33. The monoisotopic (exact) mass is 408 g/mol. The molecule has 0 saturated carbocycles. The predicted octanol–water partition coefficient (Wildman–Crippen LogP) is -4.08. The number of aliphatic hydroxyl groups is 5. The Balaban J connectivity index is 2.24. The van der Waals surface area contributed by atoms with Crippen molar-refractivity contribution in [2.24, 2.45) is 0 Å². The van der Waals surface area contributed by atoms with Crippen molar-refractivity contribution < 1.29 is 49.3 Å². The number of carbonyl (C=O) groups excluding carboxylic acids is 2. The van der Waals surface area contributed by atoms with Gasteiger partial charge in [0, 0.05) is 13.8 Å². The smallest absolute Gasteiger partial charge is 0.217 e. The zero-order valence-corrected chi connectivity index (χ0v) is 15.8. The van der Waals surface area contributed by atoms with E-state index in [1.54, 1.807) is 0 Å². The van der Waals surface area contributed by atoms with Gasteiger partial charge in [0.15, 0.2) is 12.6 Å². The summed E-state index contributed by atoms with van der Waals surface area (Å²) in [4.78, 5) is 22.8. The molecule has 2 aliphatic heterocycles. The van der Waals surface area contributed by atoms with Gasteiger partial charge >= 0.3 is 0 Å². The zero-order valence-electron chi connectivity index (χ0n) is 15.8. The first kappa shape index (κ1) is 22.9. The van der Waals surface area contributed by atoms with E-state index in [9.17, 15) is 35.1 Å². The van der Waals surface area contributed by atoms with Gasteiger partial charge in [0.2, 0.25) is 11.8 Å². The van der Waals surface area contributed by atoms with Crippen molar-refractivity contribution >= 4 is 11.8 Å². The predicted molar refractivity (Wildman–Crippen MR) is 90.4 cm³/mol. The molecule has 0 radical (unpaired) electrons. The minimum absolute atomic E-state index is 0.520. The molecule has 0 aromatic heterocycles. The third-order valence-corrected chi connectivity index (χ3v) is 4.74. The van der Waals surface area contributed by atoms with E-state index < -0.39 is 79.7 Å². The second-order valence-corrected chi connectivity index (χ2v) is 6.98. The van der Waals surface area contributed by atoms with Crippen molar-refractivity contribution in [3.63, 3.8) is 0 Å². The number of carbonyl (C=O) groups is 2. The molecule has 2 fully saturated rings. The average Bonchev–Trinajstić information content (AvgIpc) is 2.61. The molecule has 0 spiro atoms. The zero-order chi connectivity index (χ0) is 21.2. The Bertz CT molecular complexity index is 564. The van der Waals surface area contributed by atoms with Crippen molar-refractivity contribution in [3.8, 4) is 0 Å². The fourth-order valence-corrected chi connectivity index (χ4v) is 3.33. The van der Waals surface area contributed by atoms with Gasteiger partial charge in [0.25, 0.3) is 0 Å². The van der Waals surface area contributed by atoms with Crippen LogP contribution in [0.1, 0.15) is 20.8 Å². The normalized spacial score (nSPS) is 44.0. The molecule has 12 heteroatoms. The highest BCUT2D eigenvalue weighted by atomic mass is 16.7. The summed E-state index contributed by atoms with van der Waals surface area (Å²) in [7, 11) is 0. The van der Waals surface area contributed by atoms with Crippen molar-refractivity contribution in [3.05, 3.63) is 0 Å². The lowest BCUT2D eigenvalue weighted by molar-refractivity contribution is -0.324. The van der Waals surface area contributed by atoms with Gasteiger partial charge < -0.3 is 50.4 Å². The van der Waals surface area contributed by atoms with Crippen LogP contribution in [-0.2, 0) is 23.8 Å². The minimum atomic E-state index is -1.60. The highest BCUT2D eigenvalue weighted by molar-refractivity contribution is 5.73. The summed E-state index contributed by atoms with van der Waals surface area (Å²) in [5.74, 6) is -1.06. The Hall–Kier alpha value is -1.38. The summed E-state index contributed by atoms with van der Waals surface area (Å²) in [5, 5.41) is 55.2. The Labute approximate surface area is 161 Å². The molecule has 28 heavy (non-hydrogen) atoms. The Morgan fingerprint density at radius 3 is 2.04 bits per heavy atom. The quantitative estimate of drug-likeness (QED) is 0.236. The lowest BCUT2D eigenvalue weighted by atomic mass is 9.95. The lowest BCUT2D eigenvalue weighted by Gasteiger charge is -2.47. The summed E-state index contributed by atoms with van der Waals surface area (Å²) in [6.07, 6.45) is -10.5. The maximum atomic E-state index is 11.5. The van der Waals surface area contributed by atoms with Crippen LogP contribution in [-0.4, -0.2) is 105 Å². The van der Waals surface area contributed by atoms with Crippen LogP contribution < -0.4 is 10.6 Å². The molecule has 2 rings (SSSR count). The second kappa shape index (κ2) is 9.41. The molecule has 12 nitrogen and oxygen atoms in total. The number of aliphatic hydroxyl groups excluding tert-OH is 5. The second-order valence-electron chi connectivity index (χ2n) is 6.98. The van der Waals surface area contributed by atoms with E-state index in [0.717, 1.165) is 0 Å². The van der Waals surface area contributed by atoms with Crippen LogP contribution in [0.15, 0.2) is 0 Å². The van der Waals surface area contributed by atoms with Gasteiger partial charge in [0.1, 0.15) is 42.6 Å². The fraction of sp³-hybridized carbons (Fsp3) is 0.875. The Kier molecular flexibility index (Phi) is 7.70. The van der Waals surface area contributed by atoms with E-state index in [0.29, 0.717) is 0 Å². The summed E-state index contributed by atoms with van der Waals surface area (Å²) in [6.45, 7) is 3.23. The van der Waals surface area contributed by atoms with E-state index in [2.05, 4.69) is 10.6 Å². The third-order valence-electron chi connectivity index (χ3n) is 4.74. The third kappa shape index (κ3) is 4.96. The minimum Gasteiger partial charge on any atom is -0.394 e. The molecule has 162 valence electrons. The van der Waals surface area contributed by atoms with Gasteiger partial charge in [-0.25, -0.2) is 0 Å². The summed E-state index contributed by atoms with van der Waals surface area (Å²) < 4.78 is 16.4. The Morgan fingerprint density at radius 2 is 1.50 bits per heavy atom. The van der Waals surface area contributed by atoms with Crippen molar-refractivity contribution in [2.75, 3.05) is 6.61 Å². The van der Waals surface area contributed by atoms with Crippen LogP contribution in [0.2, 0.25) is 0 Å². The summed E-state index contributed by atoms with van der Waals surface area (Å²) in [6, 6.07) is -2.43. The molecule has 0 aromatic rings. The molecule has 0 bridgehead atoms. The van der Waals surface area contributed by atoms with Gasteiger partial charge in [0.05, 0.1) is 12.7 Å². The maximum Gasteiger partial charge on any atom is 0.217 e. The molecule has 2 heterocycles. The molecule has 0 aromatic carbocycles. The molecule has 10 atom stereocenters. The van der Waals surface area contributed by atoms with E-state index in [1.165, 1.54) is 20.8 Å². The Morgan fingerprint density at radius 1 is 0.929 bits per heavy atom. The summed E-state index contributed by atoms with van der Waals surface area (Å²) in [5.41, 5.74) is 0. The van der Waals surface area contributed by atoms with Gasteiger partial charge in [-0.3, -0.25) is 9.59 Å². The van der Waals surface area contributed by atoms with E-state index in [-0.39, 0.29) is 0 Å². The first-order valence-corrected chi connectivity index (χ1v) is 8.90. The number of amides is 2. The highest BCUT2D eigenvalue weighted by Crippen LogP contribution is 2.28. The molecule has 2 aliphatic rings. The molecular weight excluding hydrogens is 380 g/mol. The standard InChI is InChI=1S/C16H28N2O10/c1-5-11(22)12(23)10(18-7(3)21)16(26-5)28-14-8(4-19)27-15(25)9(13(14)24)17-6(2)20/h5,8-16,19,22-25H,4H2,1-3H3,(H,17,20)(H,18,21)/t5-,8-,9-,10-,11-,12-,13-,14-,15+,16+/m1/s1. The van der Waals surface area contributed by atoms with Crippen molar-refractivity contribution in [2.45, 2.75) is 82.1 Å². The molecule has 7 N–H and O–H groups in total. The van der Waals surface area contributed by atoms with Crippen LogP contribution >= 0.6 is 0 Å². The number of hydrogen-bond donors (Lipinski definition) is 7. The van der Waals surface area contributed by atoms with Crippen molar-refractivity contribution in [1.82, 2.24) is 10.6 Å². The number of nitrogens with one attached hydrogen (secondary N) is 2. The average molecular weight is 408 g/mol. The van der Waals surface area contributed by atoms with Crippen LogP contribution in [0, 0.1) is 0 Å². The largest absolute Gasteiger partial charge is 0.394 e. The first-order valence-electron chi connectivity index (χ1n) is 8.90. The van der Waals surface area contributed by atoms with Gasteiger partial charge in [-0.1, -0.05) is 0 Å². The van der Waals surface area contributed by atoms with E-state index in [4.69, 9.17) is 14.2 Å². The number of ether oxygens (including phenoxy) is 3. The van der Waals surface area contributed by atoms with Gasteiger partial charge in [-0.05, 0) is 6.92 Å².